The number of ether oxygens (including phenoxy) is 3. The third-order valence-electron chi connectivity index (χ3n) is 17.4. The van der Waals surface area contributed by atoms with Gasteiger partial charge < -0.3 is 34.6 Å². The number of nitrogens with zero attached hydrogens (tertiary/aromatic N) is 10. The molecule has 5 fully saturated rings. The highest BCUT2D eigenvalue weighted by Crippen LogP contribution is 2.53. The maximum atomic E-state index is 14.8. The molecule has 9 heterocycles. The van der Waals surface area contributed by atoms with Crippen molar-refractivity contribution in [1.29, 1.82) is 0 Å². The van der Waals surface area contributed by atoms with Gasteiger partial charge in [-0.05, 0) is 115 Å². The van der Waals surface area contributed by atoms with Crippen LogP contribution in [0.25, 0.3) is 66.0 Å². The Balaban J connectivity index is 0.771. The Morgan fingerprint density at radius 3 is 2.51 bits per heavy atom. The Bertz CT molecular complexity index is 3840. The van der Waals surface area contributed by atoms with E-state index in [4.69, 9.17) is 34.3 Å². The first-order chi connectivity index (χ1) is 39.1. The molecule has 4 atom stereocenters. The Morgan fingerprint density at radius 1 is 0.875 bits per heavy atom. The summed E-state index contributed by atoms with van der Waals surface area (Å²) in [6.07, 6.45) is 13.5. The molecule has 80 heavy (non-hydrogen) atoms. The molecular formula is C62H67N13O5. The molecule has 0 spiro atoms. The Morgan fingerprint density at radius 2 is 1.73 bits per heavy atom. The smallest absolute Gasteiger partial charge is 0.319 e. The van der Waals surface area contributed by atoms with Crippen LogP contribution < -0.4 is 25.0 Å². The minimum atomic E-state index is -0.645. The molecule has 18 nitrogen and oxygen atoms in total. The summed E-state index contributed by atoms with van der Waals surface area (Å²) >= 11 is 0. The average Bonchev–Trinajstić information content (AvgIpc) is 4.22. The predicted octanol–water partition coefficient (Wildman–Crippen LogP) is 9.33. The Hall–Kier alpha value is -7.96. The van der Waals surface area contributed by atoms with Crippen molar-refractivity contribution in [1.82, 2.24) is 60.2 Å². The van der Waals surface area contributed by atoms with Crippen LogP contribution in [0.3, 0.4) is 0 Å². The van der Waals surface area contributed by atoms with Crippen LogP contribution in [0, 0.1) is 12.8 Å². The number of hydrogen-bond donors (Lipinski definition) is 3. The molecule has 1 aliphatic carbocycles. The number of rotatable bonds is 16. The van der Waals surface area contributed by atoms with E-state index in [1.165, 1.54) is 5.56 Å². The van der Waals surface area contributed by atoms with Gasteiger partial charge in [0.15, 0.2) is 5.75 Å². The number of aromatic amines is 1. The molecule has 1 saturated carbocycles. The maximum Gasteiger partial charge on any atom is 0.319 e. The fraction of sp³-hybridized carbons (Fsp3) is 0.419. The van der Waals surface area contributed by atoms with Gasteiger partial charge in [0.1, 0.15) is 36.1 Å². The second-order valence-corrected chi connectivity index (χ2v) is 22.9. The molecule has 410 valence electrons. The molecule has 4 aromatic carbocycles. The lowest BCUT2D eigenvalue weighted by atomic mass is 9.89. The molecule has 9 aromatic rings. The molecule has 0 radical (unpaired) electrons. The van der Waals surface area contributed by atoms with E-state index in [-0.39, 0.29) is 30.4 Å². The molecule has 2 amide bonds. The zero-order valence-electron chi connectivity index (χ0n) is 45.8. The first-order valence-corrected chi connectivity index (χ1v) is 28.8. The van der Waals surface area contributed by atoms with E-state index in [2.05, 4.69) is 93.2 Å². The lowest BCUT2D eigenvalue weighted by Gasteiger charge is -2.31. The number of carbonyl (C=O) groups excluding carboxylic acids is 2. The zero-order valence-corrected chi connectivity index (χ0v) is 45.8. The summed E-state index contributed by atoms with van der Waals surface area (Å²) in [6, 6.07) is 22.9. The van der Waals surface area contributed by atoms with Crippen molar-refractivity contribution in [3.63, 3.8) is 0 Å². The molecule has 18 heteroatoms. The number of aryl methyl sites for hydroxylation is 2. The van der Waals surface area contributed by atoms with Crippen LogP contribution in [0.1, 0.15) is 99.9 Å². The van der Waals surface area contributed by atoms with Crippen LogP contribution in [0.2, 0.25) is 0 Å². The van der Waals surface area contributed by atoms with E-state index in [0.29, 0.717) is 62.5 Å². The molecule has 5 aromatic heterocycles. The second-order valence-electron chi connectivity index (χ2n) is 22.9. The van der Waals surface area contributed by atoms with Crippen LogP contribution >= 0.6 is 0 Å². The normalized spacial score (nSPS) is 19.8. The van der Waals surface area contributed by atoms with Crippen LogP contribution in [0.5, 0.6) is 11.8 Å². The number of pyridine rings is 1. The summed E-state index contributed by atoms with van der Waals surface area (Å²) in [5.41, 5.74) is 11.8. The standard InChI is InChI=1S/C62H67N13O5/c1-5-74-51(18-21-67-74)40-12-9-37(10-13-40)28-65-60(76)52-7-6-22-72(52)61(77)57(35(2)3)75-53-32-64-50-25-38(11-16-44(50)47(53)31-68-75)34-79-58-55(54-36(4)8-17-49-48(54)30-66-71-49)45(39-14-15-39)27-46-56(58)69-62(80-43-19-23-78-24-20-43)70-59(46)73-33-41-26-42(73)29-63-41/h8-13,16-18,21,25,27,30-32,35,39,41-43,52,57,63H,5-7,14-15,19-20,22-24,26,28-29,33-34H2,1-4H3,(H,65,76)(H,66,71)/t41?,42?,52-,57-/m0/s1. The highest BCUT2D eigenvalue weighted by molar-refractivity contribution is 6.07. The first-order valence-electron chi connectivity index (χ1n) is 28.8. The summed E-state index contributed by atoms with van der Waals surface area (Å²) in [6.45, 7) is 13.3. The number of carbonyl (C=O) groups is 2. The summed E-state index contributed by atoms with van der Waals surface area (Å²) in [5, 5.41) is 27.7. The van der Waals surface area contributed by atoms with Crippen molar-refractivity contribution in [2.75, 3.05) is 37.7 Å². The van der Waals surface area contributed by atoms with E-state index in [0.717, 1.165) is 147 Å². The Labute approximate surface area is 463 Å². The van der Waals surface area contributed by atoms with Gasteiger partial charge in [-0.25, -0.2) is 0 Å². The zero-order chi connectivity index (χ0) is 54.2. The molecule has 4 saturated heterocycles. The fourth-order valence-electron chi connectivity index (χ4n) is 13.1. The maximum absolute atomic E-state index is 14.8. The lowest BCUT2D eigenvalue weighted by Crippen LogP contribution is -2.49. The van der Waals surface area contributed by atoms with E-state index in [1.54, 1.807) is 4.90 Å². The first kappa shape index (κ1) is 50.3. The number of amides is 2. The number of nitrogens with one attached hydrogen (secondary N) is 3. The Kier molecular flexibility index (Phi) is 13.0. The van der Waals surface area contributed by atoms with Gasteiger partial charge in [-0.2, -0.15) is 25.3 Å². The fourth-order valence-corrected chi connectivity index (χ4v) is 13.1. The number of anilines is 1. The number of H-pyrrole nitrogens is 1. The van der Waals surface area contributed by atoms with Gasteiger partial charge in [0.25, 0.3) is 0 Å². The molecule has 3 N–H and O–H groups in total. The quantitative estimate of drug-likeness (QED) is 0.0829. The molecule has 14 rings (SSSR count). The average molecular weight is 1070 g/mol. The minimum Gasteiger partial charge on any atom is -0.486 e. The molecular weight excluding hydrogens is 1010 g/mol. The molecule has 5 aliphatic rings. The van der Waals surface area contributed by atoms with Crippen molar-refractivity contribution in [2.45, 2.75) is 129 Å². The number of benzene rings is 4. The monoisotopic (exact) mass is 1070 g/mol. The van der Waals surface area contributed by atoms with Crippen molar-refractivity contribution in [2.24, 2.45) is 5.92 Å². The van der Waals surface area contributed by atoms with Gasteiger partial charge in [0, 0.05) is 91.0 Å². The number of hydrogen-bond acceptors (Lipinski definition) is 13. The van der Waals surface area contributed by atoms with Gasteiger partial charge in [-0.1, -0.05) is 56.3 Å². The number of likely N-dealkylation sites (tertiary alicyclic amines) is 1. The minimum absolute atomic E-state index is 0.0529. The van der Waals surface area contributed by atoms with E-state index < -0.39 is 12.1 Å². The third-order valence-corrected chi connectivity index (χ3v) is 17.4. The number of aromatic nitrogens is 9. The van der Waals surface area contributed by atoms with Crippen LogP contribution in [0.4, 0.5) is 5.82 Å². The summed E-state index contributed by atoms with van der Waals surface area (Å²) in [4.78, 5) is 48.6. The lowest BCUT2D eigenvalue weighted by molar-refractivity contribution is -0.142. The second kappa shape index (κ2) is 20.6. The van der Waals surface area contributed by atoms with Gasteiger partial charge in [0.2, 0.25) is 11.8 Å². The predicted molar refractivity (Wildman–Crippen MR) is 307 cm³/mol. The SMILES string of the molecule is CCn1nccc1-c1ccc(CNC(=O)[C@@H]2CCCN2C(=O)[C@H](C(C)C)n2ncc3c4ccc(COc5c(-c6c(C)ccc7[nH]ncc67)c(C6CC6)cc6c(N7CC8CC7CN8)nc(OC7CCOCC7)nc56)cc4ncc32)cc1. The van der Waals surface area contributed by atoms with Crippen molar-refractivity contribution in [3.8, 4) is 34.1 Å². The molecule has 2 bridgehead atoms. The van der Waals surface area contributed by atoms with E-state index in [9.17, 15) is 9.59 Å². The number of fused-ring (bicyclic) bond motifs is 7. The van der Waals surface area contributed by atoms with E-state index >= 15 is 0 Å². The number of piperazine rings is 1. The highest BCUT2D eigenvalue weighted by Gasteiger charge is 2.42. The van der Waals surface area contributed by atoms with Gasteiger partial charge in [-0.15, -0.1) is 0 Å². The van der Waals surface area contributed by atoms with Gasteiger partial charge >= 0.3 is 6.01 Å². The van der Waals surface area contributed by atoms with Crippen LogP contribution in [-0.4, -0.2) is 119 Å². The topological polar surface area (TPSA) is 195 Å². The highest BCUT2D eigenvalue weighted by atomic mass is 16.5. The van der Waals surface area contributed by atoms with Crippen molar-refractivity contribution < 1.29 is 23.8 Å². The largest absolute Gasteiger partial charge is 0.486 e. The summed E-state index contributed by atoms with van der Waals surface area (Å²) in [5.74, 6) is 1.58. The van der Waals surface area contributed by atoms with Crippen molar-refractivity contribution >= 4 is 61.2 Å². The van der Waals surface area contributed by atoms with Gasteiger partial charge in [0.05, 0.1) is 54.0 Å². The van der Waals surface area contributed by atoms with Crippen LogP contribution in [-0.2, 0) is 34.0 Å². The van der Waals surface area contributed by atoms with Crippen molar-refractivity contribution in [3.05, 3.63) is 114 Å². The third kappa shape index (κ3) is 9.05. The summed E-state index contributed by atoms with van der Waals surface area (Å²) in [7, 11) is 0. The van der Waals surface area contributed by atoms with E-state index in [1.807, 2.05) is 66.2 Å². The van der Waals surface area contributed by atoms with Gasteiger partial charge in [-0.3, -0.25) is 29.0 Å². The summed E-state index contributed by atoms with van der Waals surface area (Å²) < 4.78 is 23.5. The van der Waals surface area contributed by atoms with Crippen LogP contribution in [0.15, 0.2) is 91.5 Å². The molecule has 2 unspecified atom stereocenters. The molecule has 4 aliphatic heterocycles.